The van der Waals surface area contributed by atoms with Gasteiger partial charge in [0, 0.05) is 31.2 Å². The molecule has 120 valence electrons. The van der Waals surface area contributed by atoms with Gasteiger partial charge in [0.1, 0.15) is 0 Å². The number of para-hydroxylation sites is 1. The van der Waals surface area contributed by atoms with Gasteiger partial charge in [-0.1, -0.05) is 32.0 Å². The first-order valence-corrected chi connectivity index (χ1v) is 8.65. The summed E-state index contributed by atoms with van der Waals surface area (Å²) in [4.78, 5) is 16.9. The number of nitrogens with zero attached hydrogens (tertiary/aromatic N) is 2. The number of benzene rings is 1. The van der Waals surface area contributed by atoms with Crippen LogP contribution in [0.2, 0.25) is 0 Å². The Labute approximate surface area is 134 Å². The van der Waals surface area contributed by atoms with Gasteiger partial charge in [-0.2, -0.15) is 0 Å². The maximum atomic E-state index is 12.7. The van der Waals surface area contributed by atoms with Gasteiger partial charge >= 0.3 is 0 Å². The van der Waals surface area contributed by atoms with E-state index in [1.807, 2.05) is 11.9 Å². The zero-order chi connectivity index (χ0) is 15.7. The van der Waals surface area contributed by atoms with Crippen molar-refractivity contribution in [2.75, 3.05) is 25.0 Å². The summed E-state index contributed by atoms with van der Waals surface area (Å²) >= 11 is 0. The Bertz CT molecular complexity index is 534. The SMILES string of the molecule is CC1CCC(N(C)C(=O)CN2CC(C)c3ccccc32)CC1. The molecule has 1 aromatic carbocycles. The van der Waals surface area contributed by atoms with E-state index in [0.29, 0.717) is 18.5 Å². The Balaban J connectivity index is 1.63. The van der Waals surface area contributed by atoms with Crippen molar-refractivity contribution in [3.63, 3.8) is 0 Å². The molecule has 1 aliphatic carbocycles. The third-order valence-electron chi connectivity index (χ3n) is 5.56. The minimum atomic E-state index is 0.267. The number of hydrogen-bond acceptors (Lipinski definition) is 2. The van der Waals surface area contributed by atoms with E-state index in [0.717, 1.165) is 25.3 Å². The van der Waals surface area contributed by atoms with Crippen LogP contribution in [0.3, 0.4) is 0 Å². The van der Waals surface area contributed by atoms with Gasteiger partial charge in [0.15, 0.2) is 0 Å². The lowest BCUT2D eigenvalue weighted by atomic mass is 9.87. The van der Waals surface area contributed by atoms with Gasteiger partial charge in [0.05, 0.1) is 6.54 Å². The van der Waals surface area contributed by atoms with Crippen molar-refractivity contribution in [2.24, 2.45) is 5.92 Å². The lowest BCUT2D eigenvalue weighted by molar-refractivity contribution is -0.131. The van der Waals surface area contributed by atoms with E-state index < -0.39 is 0 Å². The predicted molar refractivity (Wildman–Crippen MR) is 91.3 cm³/mol. The number of fused-ring (bicyclic) bond motifs is 1. The smallest absolute Gasteiger partial charge is 0.242 e. The average Bonchev–Trinajstić information content (AvgIpc) is 2.84. The van der Waals surface area contributed by atoms with Crippen LogP contribution in [0.5, 0.6) is 0 Å². The van der Waals surface area contributed by atoms with Crippen LogP contribution in [0.25, 0.3) is 0 Å². The van der Waals surface area contributed by atoms with Crippen LogP contribution in [-0.4, -0.2) is 37.0 Å². The van der Waals surface area contributed by atoms with Gasteiger partial charge < -0.3 is 9.80 Å². The summed E-state index contributed by atoms with van der Waals surface area (Å²) in [6.45, 7) is 6.04. The van der Waals surface area contributed by atoms with Crippen LogP contribution in [0.15, 0.2) is 24.3 Å². The second kappa shape index (κ2) is 6.31. The Morgan fingerprint density at radius 1 is 1.18 bits per heavy atom. The summed E-state index contributed by atoms with van der Waals surface area (Å²) in [7, 11) is 1.99. The van der Waals surface area contributed by atoms with E-state index in [2.05, 4.69) is 43.0 Å². The molecule has 1 amide bonds. The molecule has 0 radical (unpaired) electrons. The molecule has 2 aliphatic rings. The molecule has 0 N–H and O–H groups in total. The summed E-state index contributed by atoms with van der Waals surface area (Å²) in [6.07, 6.45) is 4.84. The van der Waals surface area contributed by atoms with E-state index in [9.17, 15) is 4.79 Å². The third-order valence-corrected chi connectivity index (χ3v) is 5.56. The summed E-state index contributed by atoms with van der Waals surface area (Å²) in [6, 6.07) is 8.95. The topological polar surface area (TPSA) is 23.6 Å². The van der Waals surface area contributed by atoms with Crippen molar-refractivity contribution in [2.45, 2.75) is 51.5 Å². The van der Waals surface area contributed by atoms with Crippen molar-refractivity contribution in [3.8, 4) is 0 Å². The Morgan fingerprint density at radius 3 is 2.59 bits per heavy atom. The molecule has 1 unspecified atom stereocenters. The fraction of sp³-hybridized carbons (Fsp3) is 0.632. The maximum absolute atomic E-state index is 12.7. The highest BCUT2D eigenvalue weighted by molar-refractivity contribution is 5.82. The van der Waals surface area contributed by atoms with Gasteiger partial charge in [-0.25, -0.2) is 0 Å². The van der Waals surface area contributed by atoms with Crippen molar-refractivity contribution in [1.82, 2.24) is 4.90 Å². The van der Waals surface area contributed by atoms with E-state index in [-0.39, 0.29) is 5.91 Å². The van der Waals surface area contributed by atoms with Gasteiger partial charge in [0.25, 0.3) is 0 Å². The minimum absolute atomic E-state index is 0.267. The van der Waals surface area contributed by atoms with Crippen molar-refractivity contribution < 1.29 is 4.79 Å². The van der Waals surface area contributed by atoms with Gasteiger partial charge in [-0.05, 0) is 43.2 Å². The molecule has 1 aromatic rings. The minimum Gasteiger partial charge on any atom is -0.361 e. The molecule has 3 nitrogen and oxygen atoms in total. The summed E-state index contributed by atoms with van der Waals surface area (Å²) in [5, 5.41) is 0. The lowest BCUT2D eigenvalue weighted by Crippen LogP contribution is -2.44. The van der Waals surface area contributed by atoms with Crippen LogP contribution < -0.4 is 4.90 Å². The molecule has 1 atom stereocenters. The zero-order valence-electron chi connectivity index (χ0n) is 14.1. The van der Waals surface area contributed by atoms with Gasteiger partial charge in [-0.15, -0.1) is 0 Å². The second-order valence-corrected chi connectivity index (χ2v) is 7.26. The molecule has 1 aliphatic heterocycles. The van der Waals surface area contributed by atoms with Crippen molar-refractivity contribution >= 4 is 11.6 Å². The highest BCUT2D eigenvalue weighted by Gasteiger charge is 2.29. The number of likely N-dealkylation sites (N-methyl/N-ethyl adjacent to an activating group) is 1. The summed E-state index contributed by atoms with van der Waals surface area (Å²) in [5.41, 5.74) is 2.62. The fourth-order valence-corrected chi connectivity index (χ4v) is 3.98. The predicted octanol–water partition coefficient (Wildman–Crippen LogP) is 3.65. The molecule has 0 spiro atoms. The van der Waals surface area contributed by atoms with Gasteiger partial charge in [0.2, 0.25) is 5.91 Å². The second-order valence-electron chi connectivity index (χ2n) is 7.26. The van der Waals surface area contributed by atoms with E-state index in [4.69, 9.17) is 0 Å². The Morgan fingerprint density at radius 2 is 1.86 bits per heavy atom. The normalized spacial score (nSPS) is 27.6. The molecule has 0 aromatic heterocycles. The summed E-state index contributed by atoms with van der Waals surface area (Å²) in [5.74, 6) is 1.61. The molecule has 22 heavy (non-hydrogen) atoms. The van der Waals surface area contributed by atoms with Crippen LogP contribution in [-0.2, 0) is 4.79 Å². The van der Waals surface area contributed by atoms with Crippen molar-refractivity contribution in [3.05, 3.63) is 29.8 Å². The molecular weight excluding hydrogens is 272 g/mol. The summed E-state index contributed by atoms with van der Waals surface area (Å²) < 4.78 is 0. The molecule has 0 bridgehead atoms. The Kier molecular flexibility index (Phi) is 4.42. The van der Waals surface area contributed by atoms with Crippen LogP contribution in [0.1, 0.15) is 51.0 Å². The highest BCUT2D eigenvalue weighted by Crippen LogP contribution is 2.35. The third kappa shape index (κ3) is 2.99. The van der Waals surface area contributed by atoms with Crippen LogP contribution >= 0.6 is 0 Å². The number of anilines is 1. The van der Waals surface area contributed by atoms with Crippen LogP contribution in [0, 0.1) is 5.92 Å². The van der Waals surface area contributed by atoms with Gasteiger partial charge in [-0.3, -0.25) is 4.79 Å². The van der Waals surface area contributed by atoms with Crippen LogP contribution in [0.4, 0.5) is 5.69 Å². The number of carbonyl (C=O) groups is 1. The first kappa shape index (κ1) is 15.4. The number of carbonyl (C=O) groups excluding carboxylic acids is 1. The lowest BCUT2D eigenvalue weighted by Gasteiger charge is -2.34. The Hall–Kier alpha value is -1.51. The first-order chi connectivity index (χ1) is 10.6. The average molecular weight is 300 g/mol. The van der Waals surface area contributed by atoms with E-state index in [1.54, 1.807) is 0 Å². The molecule has 3 heteroatoms. The monoisotopic (exact) mass is 300 g/mol. The largest absolute Gasteiger partial charge is 0.361 e. The van der Waals surface area contributed by atoms with Crippen molar-refractivity contribution in [1.29, 1.82) is 0 Å². The molecule has 0 saturated heterocycles. The number of amides is 1. The molecule has 1 fully saturated rings. The molecular formula is C19H28N2O. The fourth-order valence-electron chi connectivity index (χ4n) is 3.98. The molecule has 1 heterocycles. The van der Waals surface area contributed by atoms with E-state index >= 15 is 0 Å². The quantitative estimate of drug-likeness (QED) is 0.851. The van der Waals surface area contributed by atoms with E-state index in [1.165, 1.54) is 24.1 Å². The maximum Gasteiger partial charge on any atom is 0.242 e. The zero-order valence-corrected chi connectivity index (χ0v) is 14.1. The number of rotatable bonds is 3. The first-order valence-electron chi connectivity index (χ1n) is 8.65. The molecule has 3 rings (SSSR count). The molecule has 1 saturated carbocycles. The standard InChI is InChI=1S/C19H28N2O/c1-14-8-10-16(11-9-14)20(3)19(22)13-21-12-15(2)17-6-4-5-7-18(17)21/h4-7,14-16H,8-13H2,1-3H3. The highest BCUT2D eigenvalue weighted by atomic mass is 16.2. The number of hydrogen-bond donors (Lipinski definition) is 0.